The summed E-state index contributed by atoms with van der Waals surface area (Å²) >= 11 is 0. The second-order valence-electron chi connectivity index (χ2n) is 5.07. The van der Waals surface area contributed by atoms with Crippen LogP contribution in [0.1, 0.15) is 46.5 Å². The minimum atomic E-state index is 0.277. The fourth-order valence-electron chi connectivity index (χ4n) is 2.84. The maximum atomic E-state index is 8.51. The summed E-state index contributed by atoms with van der Waals surface area (Å²) in [5.41, 5.74) is 5.50. The second kappa shape index (κ2) is 6.09. The summed E-state index contributed by atoms with van der Waals surface area (Å²) < 4.78 is 0. The van der Waals surface area contributed by atoms with Gasteiger partial charge in [0.15, 0.2) is 0 Å². The largest absolute Gasteiger partial charge is 0.409 e. The van der Waals surface area contributed by atoms with Gasteiger partial charge in [0.05, 0.1) is 0 Å². The minimum Gasteiger partial charge on any atom is -0.409 e. The van der Waals surface area contributed by atoms with E-state index in [0.29, 0.717) is 18.3 Å². The predicted octanol–water partition coefficient (Wildman–Crippen LogP) is 1.93. The van der Waals surface area contributed by atoms with Crippen molar-refractivity contribution in [2.24, 2.45) is 22.7 Å². The number of amidine groups is 1. The molecule has 1 saturated carbocycles. The molecule has 0 aliphatic heterocycles. The van der Waals surface area contributed by atoms with E-state index < -0.39 is 0 Å². The Morgan fingerprint density at radius 2 is 2.25 bits per heavy atom. The Morgan fingerprint density at radius 1 is 1.56 bits per heavy atom. The smallest absolute Gasteiger partial charge is 0.140 e. The average Bonchev–Trinajstić information content (AvgIpc) is 2.59. The Hall–Kier alpha value is -0.770. The van der Waals surface area contributed by atoms with Crippen molar-refractivity contribution in [3.8, 4) is 0 Å². The van der Waals surface area contributed by atoms with E-state index >= 15 is 0 Å². The molecule has 1 fully saturated rings. The summed E-state index contributed by atoms with van der Waals surface area (Å²) in [4.78, 5) is 0. The van der Waals surface area contributed by atoms with Crippen molar-refractivity contribution in [2.45, 2.75) is 58.5 Å². The first-order chi connectivity index (χ1) is 7.58. The molecule has 0 spiro atoms. The van der Waals surface area contributed by atoms with Crippen LogP contribution in [0.4, 0.5) is 0 Å². The number of rotatable bonds is 5. The minimum absolute atomic E-state index is 0.277. The van der Waals surface area contributed by atoms with Gasteiger partial charge >= 0.3 is 0 Å². The first kappa shape index (κ1) is 13.3. The van der Waals surface area contributed by atoms with Gasteiger partial charge in [-0.15, -0.1) is 0 Å². The molecule has 1 aliphatic rings. The van der Waals surface area contributed by atoms with Crippen molar-refractivity contribution < 1.29 is 5.21 Å². The summed E-state index contributed by atoms with van der Waals surface area (Å²) in [6.45, 7) is 6.68. The number of nitrogens with zero attached hydrogens (tertiary/aromatic N) is 1. The van der Waals surface area contributed by atoms with E-state index in [2.05, 4.69) is 31.2 Å². The van der Waals surface area contributed by atoms with Gasteiger partial charge in [-0.3, -0.25) is 0 Å². The van der Waals surface area contributed by atoms with Crippen LogP contribution in [0.2, 0.25) is 0 Å². The molecule has 0 radical (unpaired) electrons. The van der Waals surface area contributed by atoms with Crippen LogP contribution in [-0.2, 0) is 0 Å². The third kappa shape index (κ3) is 3.37. The fraction of sp³-hybridized carbons (Fsp3) is 0.917. The van der Waals surface area contributed by atoms with Gasteiger partial charge in [0, 0.05) is 18.5 Å². The van der Waals surface area contributed by atoms with E-state index in [-0.39, 0.29) is 6.04 Å². The molecule has 0 amide bonds. The van der Waals surface area contributed by atoms with Crippen molar-refractivity contribution in [3.05, 3.63) is 0 Å². The number of oxime groups is 1. The molecular formula is C12H25N3O. The molecule has 16 heavy (non-hydrogen) atoms. The molecule has 0 bridgehead atoms. The number of nitrogens with two attached hydrogens (primary N) is 1. The van der Waals surface area contributed by atoms with Crippen molar-refractivity contribution in [3.63, 3.8) is 0 Å². The second-order valence-corrected chi connectivity index (χ2v) is 5.07. The molecule has 4 N–H and O–H groups in total. The van der Waals surface area contributed by atoms with Crippen molar-refractivity contribution in [2.75, 3.05) is 0 Å². The monoisotopic (exact) mass is 227 g/mol. The summed E-state index contributed by atoms with van der Waals surface area (Å²) in [6.07, 6.45) is 4.45. The zero-order chi connectivity index (χ0) is 12.1. The van der Waals surface area contributed by atoms with Crippen LogP contribution in [-0.4, -0.2) is 23.1 Å². The van der Waals surface area contributed by atoms with Gasteiger partial charge in [0.1, 0.15) is 5.84 Å². The van der Waals surface area contributed by atoms with Crippen LogP contribution in [0.15, 0.2) is 5.16 Å². The lowest BCUT2D eigenvalue weighted by Gasteiger charge is -2.24. The summed E-state index contributed by atoms with van der Waals surface area (Å²) in [7, 11) is 0. The highest BCUT2D eigenvalue weighted by Crippen LogP contribution is 2.34. The van der Waals surface area contributed by atoms with Gasteiger partial charge in [-0.2, -0.15) is 0 Å². The van der Waals surface area contributed by atoms with Crippen molar-refractivity contribution in [1.29, 1.82) is 0 Å². The number of hydrogen-bond acceptors (Lipinski definition) is 3. The quantitative estimate of drug-likeness (QED) is 0.291. The molecule has 0 saturated heterocycles. The molecule has 1 rings (SSSR count). The van der Waals surface area contributed by atoms with E-state index in [1.54, 1.807) is 0 Å². The molecule has 4 unspecified atom stereocenters. The number of nitrogens with one attached hydrogen (secondary N) is 1. The fourth-order valence-corrected chi connectivity index (χ4v) is 2.84. The van der Waals surface area contributed by atoms with Crippen LogP contribution in [0.5, 0.6) is 0 Å². The van der Waals surface area contributed by atoms with E-state index in [1.165, 1.54) is 19.3 Å². The molecule has 0 heterocycles. The molecule has 4 heteroatoms. The van der Waals surface area contributed by atoms with E-state index in [4.69, 9.17) is 10.9 Å². The lowest BCUT2D eigenvalue weighted by molar-refractivity contribution is 0.310. The van der Waals surface area contributed by atoms with Crippen LogP contribution >= 0.6 is 0 Å². The van der Waals surface area contributed by atoms with Crippen LogP contribution < -0.4 is 11.1 Å². The first-order valence-corrected chi connectivity index (χ1v) is 6.30. The molecule has 0 aromatic carbocycles. The molecule has 4 atom stereocenters. The van der Waals surface area contributed by atoms with Crippen LogP contribution in [0.25, 0.3) is 0 Å². The van der Waals surface area contributed by atoms with Gasteiger partial charge < -0.3 is 16.3 Å². The molecule has 1 aliphatic carbocycles. The number of hydrogen-bond donors (Lipinski definition) is 3. The molecule has 94 valence electrons. The summed E-state index contributed by atoms with van der Waals surface area (Å²) in [6, 6.07) is 0.866. The highest BCUT2D eigenvalue weighted by molar-refractivity contribution is 5.80. The predicted molar refractivity (Wildman–Crippen MR) is 66.6 cm³/mol. The zero-order valence-electron chi connectivity index (χ0n) is 10.6. The maximum Gasteiger partial charge on any atom is 0.140 e. The van der Waals surface area contributed by atoms with Gasteiger partial charge in [-0.1, -0.05) is 25.4 Å². The van der Waals surface area contributed by atoms with E-state index in [9.17, 15) is 0 Å². The summed E-state index contributed by atoms with van der Waals surface area (Å²) in [5.74, 6) is 1.89. The third-order valence-corrected chi connectivity index (χ3v) is 3.89. The zero-order valence-corrected chi connectivity index (χ0v) is 10.6. The maximum absolute atomic E-state index is 8.51. The lowest BCUT2D eigenvalue weighted by Crippen LogP contribution is -2.41. The van der Waals surface area contributed by atoms with Gasteiger partial charge in [0.2, 0.25) is 0 Å². The Kier molecular flexibility index (Phi) is 5.06. The van der Waals surface area contributed by atoms with Gasteiger partial charge in [-0.05, 0) is 31.6 Å². The highest BCUT2D eigenvalue weighted by Gasteiger charge is 2.31. The van der Waals surface area contributed by atoms with E-state index in [0.717, 1.165) is 11.8 Å². The average molecular weight is 227 g/mol. The Balaban J connectivity index is 2.37. The normalized spacial score (nSPS) is 32.9. The van der Waals surface area contributed by atoms with Crippen LogP contribution in [0, 0.1) is 11.8 Å². The van der Waals surface area contributed by atoms with Gasteiger partial charge in [0.25, 0.3) is 0 Å². The molecular weight excluding hydrogens is 202 g/mol. The van der Waals surface area contributed by atoms with Crippen molar-refractivity contribution in [1.82, 2.24) is 5.32 Å². The first-order valence-electron chi connectivity index (χ1n) is 6.30. The topological polar surface area (TPSA) is 70.6 Å². The van der Waals surface area contributed by atoms with Crippen molar-refractivity contribution >= 4 is 5.84 Å². The molecule has 4 nitrogen and oxygen atoms in total. The Bertz CT molecular complexity index is 242. The SMILES string of the molecule is CCC1CCC(NC(C)CC(N)=NO)C1C. The van der Waals surface area contributed by atoms with Gasteiger partial charge in [-0.25, -0.2) is 0 Å². The Morgan fingerprint density at radius 3 is 2.75 bits per heavy atom. The van der Waals surface area contributed by atoms with E-state index in [1.807, 2.05) is 0 Å². The highest BCUT2D eigenvalue weighted by atomic mass is 16.4. The molecule has 0 aromatic heterocycles. The third-order valence-electron chi connectivity index (χ3n) is 3.89. The standard InChI is InChI=1S/C12H25N3O/c1-4-10-5-6-11(9(10)3)14-8(2)7-12(13)15-16/h8-11,14,16H,4-7H2,1-3H3,(H2,13,15). The molecule has 0 aromatic rings. The van der Waals surface area contributed by atoms with Crippen LogP contribution in [0.3, 0.4) is 0 Å². The summed E-state index contributed by atoms with van der Waals surface area (Å²) in [5, 5.41) is 15.1. The lowest BCUT2D eigenvalue weighted by atomic mass is 9.93. The Labute approximate surface area is 98.3 Å².